The molecular formula is C14H15ClN4O3. The molecule has 0 saturated carbocycles. The molecular weight excluding hydrogens is 308 g/mol. The summed E-state index contributed by atoms with van der Waals surface area (Å²) in [6.45, 7) is 5.22. The van der Waals surface area contributed by atoms with Crippen LogP contribution in [0, 0.1) is 30.9 Å². The monoisotopic (exact) mass is 322 g/mol. The van der Waals surface area contributed by atoms with Gasteiger partial charge in [0.15, 0.2) is 5.02 Å². The summed E-state index contributed by atoms with van der Waals surface area (Å²) in [5.74, 6) is -0.770. The largest absolute Gasteiger partial charge is 0.408 e. The fourth-order valence-corrected chi connectivity index (χ4v) is 2.31. The number of amides is 1. The van der Waals surface area contributed by atoms with Gasteiger partial charge in [-0.3, -0.25) is 4.79 Å². The number of carbonyl (C=O) groups excluding carboxylic acids is 1. The Morgan fingerprint density at radius 2 is 1.95 bits per heavy atom. The van der Waals surface area contributed by atoms with Crippen molar-refractivity contribution in [2.45, 2.75) is 27.3 Å². The zero-order chi connectivity index (χ0) is 16.4. The van der Waals surface area contributed by atoms with Crippen LogP contribution in [0.15, 0.2) is 18.2 Å². The predicted octanol–water partition coefficient (Wildman–Crippen LogP) is 3.01. The van der Waals surface area contributed by atoms with Gasteiger partial charge in [-0.2, -0.15) is 4.68 Å². The average Bonchev–Trinajstić information content (AvgIpc) is 2.71. The minimum absolute atomic E-state index is 0.0510. The van der Waals surface area contributed by atoms with E-state index in [0.29, 0.717) is 5.69 Å². The summed E-state index contributed by atoms with van der Waals surface area (Å²) in [7, 11) is 0. The molecule has 116 valence electrons. The molecule has 0 unspecified atom stereocenters. The third-order valence-corrected chi connectivity index (χ3v) is 3.77. The fourth-order valence-electron chi connectivity index (χ4n) is 2.11. The minimum Gasteiger partial charge on any atom is -0.358 e. The summed E-state index contributed by atoms with van der Waals surface area (Å²) < 4.78 is 1.23. The van der Waals surface area contributed by atoms with Crippen molar-refractivity contribution < 1.29 is 9.72 Å². The summed E-state index contributed by atoms with van der Waals surface area (Å²) in [4.78, 5) is 22.3. The lowest BCUT2D eigenvalue weighted by atomic mass is 10.1. The Hall–Kier alpha value is -2.41. The summed E-state index contributed by atoms with van der Waals surface area (Å²) in [5, 5.41) is 17.3. The normalized spacial score (nSPS) is 10.5. The van der Waals surface area contributed by atoms with Crippen LogP contribution < -0.4 is 5.32 Å². The molecule has 0 aliphatic heterocycles. The Balaban J connectivity index is 2.20. The Kier molecular flexibility index (Phi) is 4.46. The van der Waals surface area contributed by atoms with Gasteiger partial charge >= 0.3 is 5.82 Å². The number of anilines is 1. The van der Waals surface area contributed by atoms with Gasteiger partial charge in [-0.1, -0.05) is 29.8 Å². The van der Waals surface area contributed by atoms with E-state index in [1.807, 2.05) is 32.0 Å². The molecule has 0 bridgehead atoms. The van der Waals surface area contributed by atoms with Crippen LogP contribution in [-0.4, -0.2) is 20.6 Å². The summed E-state index contributed by atoms with van der Waals surface area (Å²) in [6, 6.07) is 5.69. The lowest BCUT2D eigenvalue weighted by molar-refractivity contribution is -0.389. The van der Waals surface area contributed by atoms with Crippen molar-refractivity contribution in [1.29, 1.82) is 0 Å². The number of aryl methyl sites for hydroxylation is 2. The summed E-state index contributed by atoms with van der Waals surface area (Å²) in [6.07, 6.45) is 0. The molecule has 22 heavy (non-hydrogen) atoms. The first-order valence-electron chi connectivity index (χ1n) is 6.54. The minimum atomic E-state index is -0.671. The second-order valence-electron chi connectivity index (χ2n) is 4.95. The fraction of sp³-hybridized carbons (Fsp3) is 0.286. The van der Waals surface area contributed by atoms with Gasteiger partial charge < -0.3 is 15.4 Å². The number of benzene rings is 1. The van der Waals surface area contributed by atoms with Gasteiger partial charge in [0.1, 0.15) is 6.54 Å². The van der Waals surface area contributed by atoms with Crippen molar-refractivity contribution in [2.75, 3.05) is 5.32 Å². The molecule has 0 atom stereocenters. The van der Waals surface area contributed by atoms with Crippen LogP contribution in [0.5, 0.6) is 0 Å². The third kappa shape index (κ3) is 3.09. The van der Waals surface area contributed by atoms with E-state index in [1.54, 1.807) is 6.92 Å². The first kappa shape index (κ1) is 16.0. The van der Waals surface area contributed by atoms with Crippen LogP contribution in [0.25, 0.3) is 0 Å². The predicted molar refractivity (Wildman–Crippen MR) is 83.2 cm³/mol. The van der Waals surface area contributed by atoms with Crippen LogP contribution in [0.1, 0.15) is 16.8 Å². The Morgan fingerprint density at radius 1 is 1.36 bits per heavy atom. The number of rotatable bonds is 4. The topological polar surface area (TPSA) is 90.1 Å². The van der Waals surface area contributed by atoms with Gasteiger partial charge in [0.2, 0.25) is 5.91 Å². The molecule has 0 spiro atoms. The maximum Gasteiger partial charge on any atom is 0.408 e. The van der Waals surface area contributed by atoms with E-state index in [-0.39, 0.29) is 17.5 Å². The van der Waals surface area contributed by atoms with Gasteiger partial charge in [-0.05, 0) is 36.8 Å². The molecule has 0 aliphatic carbocycles. The third-order valence-electron chi connectivity index (χ3n) is 3.33. The molecule has 0 saturated heterocycles. The molecule has 0 fully saturated rings. The highest BCUT2D eigenvalue weighted by Gasteiger charge is 2.25. The highest BCUT2D eigenvalue weighted by molar-refractivity contribution is 6.33. The van der Waals surface area contributed by atoms with E-state index in [4.69, 9.17) is 11.6 Å². The second-order valence-corrected chi connectivity index (χ2v) is 5.33. The average molecular weight is 323 g/mol. The molecule has 0 radical (unpaired) electrons. The molecule has 1 amide bonds. The second kappa shape index (κ2) is 6.15. The molecule has 8 heteroatoms. The first-order valence-corrected chi connectivity index (χ1v) is 6.92. The van der Waals surface area contributed by atoms with Crippen molar-refractivity contribution in [3.8, 4) is 0 Å². The van der Waals surface area contributed by atoms with Gasteiger partial charge in [-0.15, -0.1) is 0 Å². The number of hydrogen-bond acceptors (Lipinski definition) is 4. The maximum absolute atomic E-state index is 12.1. The first-order chi connectivity index (χ1) is 10.3. The van der Waals surface area contributed by atoms with E-state index in [1.165, 1.54) is 4.68 Å². The van der Waals surface area contributed by atoms with Gasteiger partial charge in [0.05, 0.1) is 10.8 Å². The highest BCUT2D eigenvalue weighted by atomic mass is 35.5. The van der Waals surface area contributed by atoms with Gasteiger partial charge in [0.25, 0.3) is 0 Å². The quantitative estimate of drug-likeness (QED) is 0.692. The van der Waals surface area contributed by atoms with Gasteiger partial charge in [-0.25, -0.2) is 0 Å². The summed E-state index contributed by atoms with van der Waals surface area (Å²) in [5.41, 5.74) is 2.99. The van der Waals surface area contributed by atoms with Crippen LogP contribution in [0.4, 0.5) is 11.5 Å². The molecule has 1 aromatic heterocycles. The van der Waals surface area contributed by atoms with Crippen molar-refractivity contribution in [1.82, 2.24) is 9.78 Å². The lowest BCUT2D eigenvalue weighted by Crippen LogP contribution is -2.21. The van der Waals surface area contributed by atoms with Crippen molar-refractivity contribution >= 4 is 29.0 Å². The molecule has 2 rings (SSSR count). The SMILES string of the molecule is Cc1cccc(C)c1NC(=O)Cn1nc([N+](=O)[O-])c(Cl)c1C. The Bertz CT molecular complexity index is 735. The number of para-hydroxylation sites is 1. The number of nitrogens with one attached hydrogen (secondary N) is 1. The highest BCUT2D eigenvalue weighted by Crippen LogP contribution is 2.26. The number of carbonyl (C=O) groups is 1. The van der Waals surface area contributed by atoms with E-state index < -0.39 is 10.7 Å². The Labute approximate surface area is 132 Å². The molecule has 1 heterocycles. The molecule has 1 aromatic carbocycles. The zero-order valence-corrected chi connectivity index (χ0v) is 13.1. The molecule has 0 aliphatic rings. The summed E-state index contributed by atoms with van der Waals surface area (Å²) >= 11 is 5.85. The van der Waals surface area contributed by atoms with Crippen LogP contribution in [-0.2, 0) is 11.3 Å². The number of halogens is 1. The van der Waals surface area contributed by atoms with Crippen LogP contribution in [0.2, 0.25) is 5.02 Å². The van der Waals surface area contributed by atoms with E-state index >= 15 is 0 Å². The van der Waals surface area contributed by atoms with Crippen molar-refractivity contribution in [2.24, 2.45) is 0 Å². The van der Waals surface area contributed by atoms with Gasteiger partial charge in [0, 0.05) is 5.69 Å². The number of aromatic nitrogens is 2. The number of hydrogen-bond donors (Lipinski definition) is 1. The van der Waals surface area contributed by atoms with Crippen molar-refractivity contribution in [3.63, 3.8) is 0 Å². The Morgan fingerprint density at radius 3 is 2.45 bits per heavy atom. The molecule has 1 N–H and O–H groups in total. The zero-order valence-electron chi connectivity index (χ0n) is 12.4. The van der Waals surface area contributed by atoms with E-state index in [2.05, 4.69) is 10.4 Å². The smallest absolute Gasteiger partial charge is 0.358 e. The van der Waals surface area contributed by atoms with Crippen molar-refractivity contribution in [3.05, 3.63) is 50.2 Å². The van der Waals surface area contributed by atoms with Crippen LogP contribution >= 0.6 is 11.6 Å². The standard InChI is InChI=1S/C14H15ClN4O3/c1-8-5-4-6-9(2)13(8)16-11(20)7-18-10(3)12(15)14(17-18)19(21)22/h4-6H,7H2,1-3H3,(H,16,20). The lowest BCUT2D eigenvalue weighted by Gasteiger charge is -2.11. The number of nitrogens with zero attached hydrogens (tertiary/aromatic N) is 3. The van der Waals surface area contributed by atoms with E-state index in [0.717, 1.165) is 16.8 Å². The number of nitro groups is 1. The molecule has 7 nitrogen and oxygen atoms in total. The van der Waals surface area contributed by atoms with E-state index in [9.17, 15) is 14.9 Å². The molecule has 2 aromatic rings. The maximum atomic E-state index is 12.1. The van der Waals surface area contributed by atoms with Crippen LogP contribution in [0.3, 0.4) is 0 Å².